The van der Waals surface area contributed by atoms with Crippen LogP contribution in [0.25, 0.3) is 0 Å². The van der Waals surface area contributed by atoms with Crippen LogP contribution in [0.15, 0.2) is 5.38 Å². The predicted molar refractivity (Wildman–Crippen MR) is 45.2 cm³/mol. The molecule has 0 bridgehead atoms. The molecular weight excluding hydrogens is 158 g/mol. The van der Waals surface area contributed by atoms with Crippen molar-refractivity contribution in [3.8, 4) is 12.3 Å². The summed E-state index contributed by atoms with van der Waals surface area (Å²) in [5, 5.41) is 8.88. The zero-order valence-corrected chi connectivity index (χ0v) is 7.06. The van der Waals surface area contributed by atoms with E-state index >= 15 is 0 Å². The van der Waals surface area contributed by atoms with Gasteiger partial charge in [-0.15, -0.1) is 17.4 Å². The summed E-state index contributed by atoms with van der Waals surface area (Å²) in [6.07, 6.45) is 5.83. The molecule has 0 aliphatic rings. The summed E-state index contributed by atoms with van der Waals surface area (Å²) in [6, 6.07) is 0.152. The van der Waals surface area contributed by atoms with Crippen LogP contribution in [-0.2, 0) is 0 Å². The first-order chi connectivity index (χ1) is 5.38. The molecule has 0 aromatic carbocycles. The topological polar surface area (TPSA) is 37.8 Å². The molecule has 1 N–H and O–H groups in total. The zero-order chi connectivity index (χ0) is 8.10. The van der Waals surface area contributed by atoms with Gasteiger partial charge in [0.05, 0.1) is 11.7 Å². The maximum atomic E-state index is 5.18. The Morgan fingerprint density at radius 1 is 1.91 bits per heavy atom. The summed E-state index contributed by atoms with van der Waals surface area (Å²) in [4.78, 5) is 0. The number of hydrogen-bond acceptors (Lipinski definition) is 4. The first kappa shape index (κ1) is 8.18. The van der Waals surface area contributed by atoms with E-state index in [1.54, 1.807) is 0 Å². The Morgan fingerprint density at radius 2 is 2.73 bits per heavy atom. The van der Waals surface area contributed by atoms with Gasteiger partial charge in [-0.25, -0.2) is 0 Å². The standard InChI is InChI=1S/C7H9N3S/c1-3-4-6(8-2)7-5-11-10-9-7/h1,5-6,8H,4H2,2H3. The predicted octanol–water partition coefficient (Wildman–Crippen LogP) is 0.822. The Kier molecular flexibility index (Phi) is 3.02. The molecule has 1 aromatic heterocycles. The minimum atomic E-state index is 0.152. The molecule has 0 aliphatic carbocycles. The zero-order valence-electron chi connectivity index (χ0n) is 6.24. The first-order valence-electron chi connectivity index (χ1n) is 3.26. The van der Waals surface area contributed by atoms with Gasteiger partial charge in [-0.05, 0) is 18.6 Å². The first-order valence-corrected chi connectivity index (χ1v) is 4.09. The van der Waals surface area contributed by atoms with Crippen LogP contribution in [0.3, 0.4) is 0 Å². The lowest BCUT2D eigenvalue weighted by Crippen LogP contribution is -2.15. The Bertz CT molecular complexity index is 237. The van der Waals surface area contributed by atoms with E-state index in [-0.39, 0.29) is 6.04 Å². The van der Waals surface area contributed by atoms with Crippen molar-refractivity contribution in [1.82, 2.24) is 14.9 Å². The molecule has 1 unspecified atom stereocenters. The summed E-state index contributed by atoms with van der Waals surface area (Å²) < 4.78 is 3.76. The van der Waals surface area contributed by atoms with Gasteiger partial charge < -0.3 is 5.32 Å². The Morgan fingerprint density at radius 3 is 3.18 bits per heavy atom. The molecule has 0 fully saturated rings. The maximum Gasteiger partial charge on any atom is 0.0934 e. The van der Waals surface area contributed by atoms with E-state index in [9.17, 15) is 0 Å². The third kappa shape index (κ3) is 2.00. The molecule has 1 rings (SSSR count). The minimum absolute atomic E-state index is 0.152. The molecule has 4 heteroatoms. The highest BCUT2D eigenvalue weighted by Gasteiger charge is 2.09. The third-order valence-electron chi connectivity index (χ3n) is 1.40. The summed E-state index contributed by atoms with van der Waals surface area (Å²) >= 11 is 1.34. The average Bonchev–Trinajstić information content (AvgIpc) is 2.52. The van der Waals surface area contributed by atoms with Crippen molar-refractivity contribution >= 4 is 11.5 Å². The van der Waals surface area contributed by atoms with Gasteiger partial charge in [-0.2, -0.15) is 0 Å². The van der Waals surface area contributed by atoms with E-state index in [2.05, 4.69) is 20.8 Å². The van der Waals surface area contributed by atoms with Crippen molar-refractivity contribution in [2.75, 3.05) is 7.05 Å². The van der Waals surface area contributed by atoms with E-state index in [4.69, 9.17) is 6.42 Å². The molecule has 1 atom stereocenters. The number of rotatable bonds is 3. The summed E-state index contributed by atoms with van der Waals surface area (Å²) in [6.45, 7) is 0. The van der Waals surface area contributed by atoms with Crippen LogP contribution < -0.4 is 5.32 Å². The molecule has 0 amide bonds. The lowest BCUT2D eigenvalue weighted by atomic mass is 10.2. The monoisotopic (exact) mass is 167 g/mol. The fourth-order valence-corrected chi connectivity index (χ4v) is 1.30. The van der Waals surface area contributed by atoms with E-state index < -0.39 is 0 Å². The van der Waals surface area contributed by atoms with Crippen LogP contribution in [0.4, 0.5) is 0 Å². The Balaban J connectivity index is 2.65. The highest BCUT2D eigenvalue weighted by Crippen LogP contribution is 2.13. The SMILES string of the molecule is C#CCC(NC)c1csnn1. The number of terminal acetylenes is 1. The lowest BCUT2D eigenvalue weighted by Gasteiger charge is -2.07. The van der Waals surface area contributed by atoms with Crippen LogP contribution >= 0.6 is 11.5 Å². The smallest absolute Gasteiger partial charge is 0.0934 e. The van der Waals surface area contributed by atoms with Gasteiger partial charge in [0.2, 0.25) is 0 Å². The molecule has 0 radical (unpaired) electrons. The fraction of sp³-hybridized carbons (Fsp3) is 0.429. The highest BCUT2D eigenvalue weighted by atomic mass is 32.1. The molecule has 1 aromatic rings. The second kappa shape index (κ2) is 4.06. The van der Waals surface area contributed by atoms with Gasteiger partial charge in [0.25, 0.3) is 0 Å². The normalized spacial score (nSPS) is 12.4. The van der Waals surface area contributed by atoms with Gasteiger partial charge in [0.1, 0.15) is 0 Å². The molecule has 1 heterocycles. The third-order valence-corrected chi connectivity index (χ3v) is 1.93. The van der Waals surface area contributed by atoms with Crippen molar-refractivity contribution in [3.63, 3.8) is 0 Å². The Hall–Kier alpha value is -0.920. The number of nitrogens with zero attached hydrogens (tertiary/aromatic N) is 2. The van der Waals surface area contributed by atoms with E-state index in [1.807, 2.05) is 12.4 Å². The van der Waals surface area contributed by atoms with Crippen LogP contribution in [-0.4, -0.2) is 16.6 Å². The second-order valence-electron chi connectivity index (χ2n) is 2.08. The quantitative estimate of drug-likeness (QED) is 0.677. The van der Waals surface area contributed by atoms with Crippen molar-refractivity contribution in [2.24, 2.45) is 0 Å². The fourth-order valence-electron chi connectivity index (χ4n) is 0.796. The maximum absolute atomic E-state index is 5.18. The molecule has 58 valence electrons. The summed E-state index contributed by atoms with van der Waals surface area (Å²) in [7, 11) is 1.86. The Labute approximate surface area is 70.0 Å². The number of hydrogen-bond donors (Lipinski definition) is 1. The van der Waals surface area contributed by atoms with Crippen molar-refractivity contribution in [1.29, 1.82) is 0 Å². The molecule has 3 nitrogen and oxygen atoms in total. The largest absolute Gasteiger partial charge is 0.311 e. The lowest BCUT2D eigenvalue weighted by molar-refractivity contribution is 0.592. The number of nitrogens with one attached hydrogen (secondary N) is 1. The van der Waals surface area contributed by atoms with Gasteiger partial charge in [0.15, 0.2) is 0 Å². The van der Waals surface area contributed by atoms with E-state index in [0.29, 0.717) is 6.42 Å². The molecule has 0 saturated carbocycles. The van der Waals surface area contributed by atoms with Crippen LogP contribution in [0.1, 0.15) is 18.2 Å². The van der Waals surface area contributed by atoms with E-state index in [1.165, 1.54) is 11.5 Å². The van der Waals surface area contributed by atoms with E-state index in [0.717, 1.165) is 5.69 Å². The van der Waals surface area contributed by atoms with Gasteiger partial charge in [-0.3, -0.25) is 0 Å². The van der Waals surface area contributed by atoms with Crippen molar-refractivity contribution in [3.05, 3.63) is 11.1 Å². The van der Waals surface area contributed by atoms with Gasteiger partial charge in [-0.1, -0.05) is 4.49 Å². The van der Waals surface area contributed by atoms with Gasteiger partial charge in [0, 0.05) is 11.8 Å². The molecule has 0 spiro atoms. The highest BCUT2D eigenvalue weighted by molar-refractivity contribution is 7.03. The minimum Gasteiger partial charge on any atom is -0.311 e. The van der Waals surface area contributed by atoms with Crippen LogP contribution in [0.5, 0.6) is 0 Å². The van der Waals surface area contributed by atoms with Crippen molar-refractivity contribution in [2.45, 2.75) is 12.5 Å². The molecular formula is C7H9N3S. The molecule has 0 saturated heterocycles. The van der Waals surface area contributed by atoms with Crippen LogP contribution in [0, 0.1) is 12.3 Å². The number of aromatic nitrogens is 2. The summed E-state index contributed by atoms with van der Waals surface area (Å²) in [5.74, 6) is 2.58. The van der Waals surface area contributed by atoms with Crippen molar-refractivity contribution < 1.29 is 0 Å². The van der Waals surface area contributed by atoms with Crippen LogP contribution in [0.2, 0.25) is 0 Å². The average molecular weight is 167 g/mol. The molecule has 0 aliphatic heterocycles. The van der Waals surface area contributed by atoms with Gasteiger partial charge >= 0.3 is 0 Å². The second-order valence-corrected chi connectivity index (χ2v) is 2.69. The summed E-state index contributed by atoms with van der Waals surface area (Å²) in [5.41, 5.74) is 0.926. The molecule has 11 heavy (non-hydrogen) atoms.